The molecule has 128 valence electrons. The quantitative estimate of drug-likeness (QED) is 0.538. The molecule has 0 bridgehead atoms. The summed E-state index contributed by atoms with van der Waals surface area (Å²) in [4.78, 5) is 15.7. The number of fused-ring (bicyclic) bond motifs is 2. The summed E-state index contributed by atoms with van der Waals surface area (Å²) >= 11 is 0. The van der Waals surface area contributed by atoms with Crippen LogP contribution in [-0.2, 0) is 11.2 Å². The third-order valence-electron chi connectivity index (χ3n) is 4.23. The van der Waals surface area contributed by atoms with Crippen LogP contribution in [0.15, 0.2) is 71.0 Å². The van der Waals surface area contributed by atoms with Crippen molar-refractivity contribution in [2.24, 2.45) is 10.2 Å². The number of nitrogens with zero attached hydrogens (tertiary/aromatic N) is 4. The monoisotopic (exact) mass is 344 g/mol. The molecule has 0 spiro atoms. The molecule has 2 aromatic heterocycles. The largest absolute Gasteiger partial charge is 0.481 e. The summed E-state index contributed by atoms with van der Waals surface area (Å²) in [6.07, 6.45) is 1.61. The van der Waals surface area contributed by atoms with E-state index in [1.54, 1.807) is 4.40 Å². The summed E-state index contributed by atoms with van der Waals surface area (Å²) in [6, 6.07) is 17.6. The summed E-state index contributed by atoms with van der Waals surface area (Å²) in [5, 5.41) is 20.0. The van der Waals surface area contributed by atoms with E-state index in [1.165, 1.54) is 0 Å². The fourth-order valence-corrected chi connectivity index (χ4v) is 3.00. The number of aromatic nitrogens is 2. The Labute approximate surface area is 149 Å². The minimum Gasteiger partial charge on any atom is -0.481 e. The number of hydrogen-bond acceptors (Lipinski definition) is 4. The highest BCUT2D eigenvalue weighted by molar-refractivity contribution is 5.92. The highest BCUT2D eigenvalue weighted by atomic mass is 16.4. The summed E-state index contributed by atoms with van der Waals surface area (Å²) in [5.74, 6) is -0.508. The van der Waals surface area contributed by atoms with Gasteiger partial charge in [-0.05, 0) is 30.0 Å². The second kappa shape index (κ2) is 6.40. The number of carbonyl (C=O) groups is 1. The molecule has 0 fully saturated rings. The minimum absolute atomic E-state index is 0.203. The Bertz CT molecular complexity index is 1160. The Morgan fingerprint density at radius 3 is 2.73 bits per heavy atom. The molecule has 4 aromatic rings. The van der Waals surface area contributed by atoms with Gasteiger partial charge in [0.2, 0.25) is 0 Å². The first-order valence-corrected chi connectivity index (χ1v) is 8.21. The average Bonchev–Trinajstić information content (AvgIpc) is 2.98. The number of azo groups is 1. The predicted molar refractivity (Wildman–Crippen MR) is 99.4 cm³/mol. The van der Waals surface area contributed by atoms with Gasteiger partial charge in [0.1, 0.15) is 5.65 Å². The van der Waals surface area contributed by atoms with Crippen molar-refractivity contribution in [1.82, 2.24) is 9.38 Å². The number of aliphatic carboxylic acids is 1. The zero-order valence-electron chi connectivity index (χ0n) is 14.1. The molecule has 2 heterocycles. The van der Waals surface area contributed by atoms with Crippen molar-refractivity contribution >= 4 is 33.9 Å². The molecule has 1 N–H and O–H groups in total. The molecule has 6 nitrogen and oxygen atoms in total. The Balaban J connectivity index is 1.86. The molecule has 0 aliphatic heterocycles. The first-order chi connectivity index (χ1) is 12.6. The lowest BCUT2D eigenvalue weighted by atomic mass is 10.1. The first-order valence-electron chi connectivity index (χ1n) is 8.21. The zero-order valence-corrected chi connectivity index (χ0v) is 14.1. The van der Waals surface area contributed by atoms with E-state index < -0.39 is 5.97 Å². The van der Waals surface area contributed by atoms with Crippen LogP contribution >= 0.6 is 0 Å². The van der Waals surface area contributed by atoms with Crippen LogP contribution in [0.1, 0.15) is 11.3 Å². The number of imidazole rings is 1. The van der Waals surface area contributed by atoms with E-state index in [-0.39, 0.29) is 6.42 Å². The van der Waals surface area contributed by atoms with Gasteiger partial charge >= 0.3 is 5.97 Å². The van der Waals surface area contributed by atoms with Gasteiger partial charge < -0.3 is 5.11 Å². The molecule has 0 saturated carbocycles. The number of carboxylic acids is 1. The van der Waals surface area contributed by atoms with E-state index in [0.29, 0.717) is 17.2 Å². The molecule has 4 rings (SSSR count). The second-order valence-electron chi connectivity index (χ2n) is 6.04. The number of hydrogen-bond donors (Lipinski definition) is 1. The lowest BCUT2D eigenvalue weighted by Crippen LogP contribution is -2.00. The smallest absolute Gasteiger partial charge is 0.309 e. The lowest BCUT2D eigenvalue weighted by Gasteiger charge is -2.01. The van der Waals surface area contributed by atoms with E-state index >= 15 is 0 Å². The van der Waals surface area contributed by atoms with Gasteiger partial charge in [-0.3, -0.25) is 9.20 Å². The second-order valence-corrected chi connectivity index (χ2v) is 6.04. The molecule has 0 radical (unpaired) electrons. The van der Waals surface area contributed by atoms with Gasteiger partial charge in [0.25, 0.3) is 0 Å². The normalized spacial score (nSPS) is 11.6. The maximum absolute atomic E-state index is 11.2. The van der Waals surface area contributed by atoms with Crippen LogP contribution in [0.3, 0.4) is 0 Å². The summed E-state index contributed by atoms with van der Waals surface area (Å²) in [6.45, 7) is 1.93. The maximum atomic E-state index is 11.2. The van der Waals surface area contributed by atoms with E-state index in [9.17, 15) is 9.90 Å². The van der Waals surface area contributed by atoms with Crippen molar-refractivity contribution in [2.45, 2.75) is 13.3 Å². The number of carboxylic acid groups (broad SMARTS) is 1. The highest BCUT2D eigenvalue weighted by Gasteiger charge is 2.16. The van der Waals surface area contributed by atoms with Crippen molar-refractivity contribution in [3.05, 3.63) is 72.1 Å². The van der Waals surface area contributed by atoms with Gasteiger partial charge in [-0.2, -0.15) is 0 Å². The van der Waals surface area contributed by atoms with Crippen LogP contribution in [0.5, 0.6) is 0 Å². The van der Waals surface area contributed by atoms with Gasteiger partial charge in [0, 0.05) is 11.6 Å². The van der Waals surface area contributed by atoms with Gasteiger partial charge in [-0.15, -0.1) is 10.2 Å². The van der Waals surface area contributed by atoms with Crippen molar-refractivity contribution < 1.29 is 9.90 Å². The molecule has 26 heavy (non-hydrogen) atoms. The highest BCUT2D eigenvalue weighted by Crippen LogP contribution is 2.29. The average molecular weight is 344 g/mol. The van der Waals surface area contributed by atoms with E-state index in [4.69, 9.17) is 0 Å². The molecule has 0 saturated heterocycles. The fourth-order valence-electron chi connectivity index (χ4n) is 3.00. The standard InChI is InChI=1S/C20H16N4O2/c1-13-6-5-11-24-19(13)21-17(12-18(25)26)20(24)23-22-16-10-4-8-14-7-2-3-9-15(14)16/h2-11H,12H2,1H3,(H,25,26). The fraction of sp³-hybridized carbons (Fsp3) is 0.100. The minimum atomic E-state index is -0.951. The summed E-state index contributed by atoms with van der Waals surface area (Å²) in [5.41, 5.74) is 2.77. The summed E-state index contributed by atoms with van der Waals surface area (Å²) in [7, 11) is 0. The lowest BCUT2D eigenvalue weighted by molar-refractivity contribution is -0.136. The maximum Gasteiger partial charge on any atom is 0.309 e. The summed E-state index contributed by atoms with van der Waals surface area (Å²) < 4.78 is 1.78. The SMILES string of the molecule is Cc1cccn2c(N=Nc3cccc4ccccc34)c(CC(=O)O)nc12. The van der Waals surface area contributed by atoms with Crippen LogP contribution in [0.2, 0.25) is 0 Å². The van der Waals surface area contributed by atoms with E-state index in [2.05, 4.69) is 15.2 Å². The molecule has 0 amide bonds. The van der Waals surface area contributed by atoms with E-state index in [0.717, 1.165) is 22.0 Å². The van der Waals surface area contributed by atoms with Gasteiger partial charge in [0.15, 0.2) is 5.82 Å². The van der Waals surface area contributed by atoms with Crippen LogP contribution in [0.25, 0.3) is 16.4 Å². The number of pyridine rings is 1. The van der Waals surface area contributed by atoms with Crippen molar-refractivity contribution in [1.29, 1.82) is 0 Å². The van der Waals surface area contributed by atoms with Gasteiger partial charge in [-0.25, -0.2) is 4.98 Å². The molecular formula is C20H16N4O2. The third kappa shape index (κ3) is 2.82. The van der Waals surface area contributed by atoms with Crippen LogP contribution in [-0.4, -0.2) is 20.5 Å². The van der Waals surface area contributed by atoms with Crippen molar-refractivity contribution in [2.75, 3.05) is 0 Å². The topological polar surface area (TPSA) is 79.3 Å². The van der Waals surface area contributed by atoms with Crippen molar-refractivity contribution in [3.63, 3.8) is 0 Å². The number of aryl methyl sites for hydroxylation is 1. The van der Waals surface area contributed by atoms with E-state index in [1.807, 2.05) is 67.7 Å². The molecule has 0 aliphatic rings. The van der Waals surface area contributed by atoms with Crippen LogP contribution in [0, 0.1) is 6.92 Å². The molecule has 2 aromatic carbocycles. The zero-order chi connectivity index (χ0) is 18.1. The molecule has 0 aliphatic carbocycles. The molecule has 6 heteroatoms. The first kappa shape index (κ1) is 16.0. The van der Waals surface area contributed by atoms with Crippen LogP contribution in [0.4, 0.5) is 11.5 Å². The Morgan fingerprint density at radius 2 is 1.88 bits per heavy atom. The van der Waals surface area contributed by atoms with Gasteiger partial charge in [0.05, 0.1) is 17.8 Å². The molecule has 0 atom stereocenters. The number of rotatable bonds is 4. The Hall–Kier alpha value is -3.54. The van der Waals surface area contributed by atoms with Crippen molar-refractivity contribution in [3.8, 4) is 0 Å². The molecule has 0 unspecified atom stereocenters. The molecular weight excluding hydrogens is 328 g/mol. The van der Waals surface area contributed by atoms with Gasteiger partial charge in [-0.1, -0.05) is 42.5 Å². The van der Waals surface area contributed by atoms with Crippen LogP contribution < -0.4 is 0 Å². The number of benzene rings is 2. The Morgan fingerprint density at radius 1 is 1.08 bits per heavy atom. The Kier molecular flexibility index (Phi) is 3.93. The third-order valence-corrected chi connectivity index (χ3v) is 4.23. The predicted octanol–water partition coefficient (Wildman–Crippen LogP) is 4.84.